The number of hydrogen-bond acceptors (Lipinski definition) is 4. The third-order valence-electron chi connectivity index (χ3n) is 5.21. The molecule has 0 saturated heterocycles. The Hall–Kier alpha value is -2.73. The minimum Gasteiger partial charge on any atom is -0.466 e. The van der Waals surface area contributed by atoms with E-state index in [0.29, 0.717) is 24.4 Å². The highest BCUT2D eigenvalue weighted by Crippen LogP contribution is 2.36. The average molecular weight is 394 g/mol. The minimum absolute atomic E-state index is 0.147. The lowest BCUT2D eigenvalue weighted by Crippen LogP contribution is -2.12. The Morgan fingerprint density at radius 1 is 1.29 bits per heavy atom. The van der Waals surface area contributed by atoms with Crippen LogP contribution in [0.25, 0.3) is 11.6 Å². The van der Waals surface area contributed by atoms with E-state index >= 15 is 0 Å². The third kappa shape index (κ3) is 3.40. The number of anilines is 1. The number of ether oxygens (including phenoxy) is 1. The van der Waals surface area contributed by atoms with E-state index in [1.807, 2.05) is 30.3 Å². The molecule has 2 aromatic rings. The van der Waals surface area contributed by atoms with Gasteiger partial charge in [0.05, 0.1) is 6.61 Å². The molecule has 0 fully saturated rings. The second kappa shape index (κ2) is 7.72. The van der Waals surface area contributed by atoms with Crippen molar-refractivity contribution in [2.75, 3.05) is 11.9 Å². The zero-order chi connectivity index (χ0) is 19.7. The molecular weight excluding hydrogens is 372 g/mol. The number of hydrogen-bond donors (Lipinski definition) is 2. The van der Waals surface area contributed by atoms with Gasteiger partial charge in [0, 0.05) is 46.6 Å². The number of fused-ring (bicyclic) bond motifs is 2. The maximum atomic E-state index is 12.6. The molecular formula is C22H22N2O3S. The van der Waals surface area contributed by atoms with Gasteiger partial charge in [-0.2, -0.15) is 0 Å². The number of esters is 1. The summed E-state index contributed by atoms with van der Waals surface area (Å²) >= 11 is 5.53. The standard InChI is InChI=1S/C22H22N2O3S/c1-2-27-20(26)11-10-14-18(23-17-8-5-9-19(25)21(14)17)12-15-13-6-3-4-7-16(13)24-22(15)28/h3-4,6-7,12,23H,2,5,8-11H2,1H3,(H,24,28)/b15-12+. The predicted molar refractivity (Wildman–Crippen MR) is 114 cm³/mol. The second-order valence-electron chi connectivity index (χ2n) is 7.01. The van der Waals surface area contributed by atoms with Crippen molar-refractivity contribution in [1.29, 1.82) is 0 Å². The van der Waals surface area contributed by atoms with Crippen molar-refractivity contribution in [2.45, 2.75) is 39.0 Å². The van der Waals surface area contributed by atoms with Crippen LogP contribution >= 0.6 is 12.2 Å². The number of para-hydroxylation sites is 1. The maximum Gasteiger partial charge on any atom is 0.306 e. The van der Waals surface area contributed by atoms with Gasteiger partial charge in [0.1, 0.15) is 4.99 Å². The van der Waals surface area contributed by atoms with Crippen LogP contribution in [0.15, 0.2) is 24.3 Å². The molecule has 28 heavy (non-hydrogen) atoms. The van der Waals surface area contributed by atoms with Gasteiger partial charge in [-0.25, -0.2) is 0 Å². The summed E-state index contributed by atoms with van der Waals surface area (Å²) in [7, 11) is 0. The first-order chi connectivity index (χ1) is 13.6. The molecule has 5 nitrogen and oxygen atoms in total. The number of carbonyl (C=O) groups excluding carboxylic acids is 2. The SMILES string of the molecule is CCOC(=O)CCc1c(/C=C2/C(=S)Nc3ccccc32)[nH]c2c1C(=O)CCC2. The summed E-state index contributed by atoms with van der Waals surface area (Å²) in [5.41, 5.74) is 6.43. The van der Waals surface area contributed by atoms with Crippen LogP contribution in [0.4, 0.5) is 5.69 Å². The molecule has 144 valence electrons. The summed E-state index contributed by atoms with van der Waals surface area (Å²) in [5.74, 6) is -0.101. The Kier molecular flexibility index (Phi) is 5.13. The van der Waals surface area contributed by atoms with Crippen LogP contribution in [-0.4, -0.2) is 28.3 Å². The number of thiocarbonyl (C=S) groups is 1. The highest BCUT2D eigenvalue weighted by molar-refractivity contribution is 7.81. The van der Waals surface area contributed by atoms with Crippen LogP contribution in [0.1, 0.15) is 59.1 Å². The Balaban J connectivity index is 1.76. The van der Waals surface area contributed by atoms with Gasteiger partial charge in [0.15, 0.2) is 5.78 Å². The van der Waals surface area contributed by atoms with Crippen molar-refractivity contribution in [1.82, 2.24) is 4.98 Å². The molecule has 2 aliphatic rings. The number of ketones is 1. The summed E-state index contributed by atoms with van der Waals surface area (Å²) < 4.78 is 5.07. The fourth-order valence-corrected chi connectivity index (χ4v) is 4.24. The molecule has 1 aromatic heterocycles. The van der Waals surface area contributed by atoms with Gasteiger partial charge in [0.2, 0.25) is 0 Å². The molecule has 0 spiro atoms. The molecule has 2 N–H and O–H groups in total. The Bertz CT molecular complexity index is 1000. The fourth-order valence-electron chi connectivity index (χ4n) is 3.96. The van der Waals surface area contributed by atoms with E-state index in [2.05, 4.69) is 10.3 Å². The average Bonchev–Trinajstić information content (AvgIpc) is 3.19. The summed E-state index contributed by atoms with van der Waals surface area (Å²) in [6.07, 6.45) is 4.97. The lowest BCUT2D eigenvalue weighted by Gasteiger charge is -2.11. The summed E-state index contributed by atoms with van der Waals surface area (Å²) in [4.78, 5) is 28.6. The lowest BCUT2D eigenvalue weighted by molar-refractivity contribution is -0.143. The number of nitrogens with one attached hydrogen (secondary N) is 2. The smallest absolute Gasteiger partial charge is 0.306 e. The van der Waals surface area contributed by atoms with Crippen LogP contribution in [0, 0.1) is 0 Å². The van der Waals surface area contributed by atoms with Gasteiger partial charge >= 0.3 is 5.97 Å². The van der Waals surface area contributed by atoms with Gasteiger partial charge in [-0.3, -0.25) is 9.59 Å². The quantitative estimate of drug-likeness (QED) is 0.449. The molecule has 0 unspecified atom stereocenters. The van der Waals surface area contributed by atoms with Crippen molar-refractivity contribution in [3.8, 4) is 0 Å². The number of aryl methyl sites for hydroxylation is 1. The number of aromatic nitrogens is 1. The van der Waals surface area contributed by atoms with Gasteiger partial charge in [-0.15, -0.1) is 0 Å². The number of benzene rings is 1. The van der Waals surface area contributed by atoms with E-state index in [1.165, 1.54) is 0 Å². The summed E-state index contributed by atoms with van der Waals surface area (Å²) in [6.45, 7) is 2.15. The first kappa shape index (κ1) is 18.6. The van der Waals surface area contributed by atoms with Crippen LogP contribution in [0.5, 0.6) is 0 Å². The van der Waals surface area contributed by atoms with Crippen molar-refractivity contribution in [3.05, 3.63) is 52.3 Å². The van der Waals surface area contributed by atoms with Crippen molar-refractivity contribution in [3.63, 3.8) is 0 Å². The van der Waals surface area contributed by atoms with Gasteiger partial charge in [0.25, 0.3) is 0 Å². The number of carbonyl (C=O) groups is 2. The first-order valence-electron chi connectivity index (χ1n) is 9.63. The molecule has 2 heterocycles. The van der Waals surface area contributed by atoms with Crippen LogP contribution in [0.3, 0.4) is 0 Å². The van der Waals surface area contributed by atoms with E-state index < -0.39 is 0 Å². The van der Waals surface area contributed by atoms with Gasteiger partial charge in [-0.1, -0.05) is 30.4 Å². The molecule has 0 saturated carbocycles. The predicted octanol–water partition coefficient (Wildman–Crippen LogP) is 4.32. The molecule has 0 radical (unpaired) electrons. The van der Waals surface area contributed by atoms with E-state index in [1.54, 1.807) is 6.92 Å². The molecule has 4 rings (SSSR count). The molecule has 1 aliphatic carbocycles. The highest BCUT2D eigenvalue weighted by Gasteiger charge is 2.27. The van der Waals surface area contributed by atoms with Crippen molar-refractivity contribution >= 4 is 46.3 Å². The van der Waals surface area contributed by atoms with Crippen molar-refractivity contribution < 1.29 is 14.3 Å². The number of H-pyrrole nitrogens is 1. The normalized spacial score (nSPS) is 16.7. The maximum absolute atomic E-state index is 12.6. The largest absolute Gasteiger partial charge is 0.466 e. The van der Waals surface area contributed by atoms with Crippen LogP contribution in [0.2, 0.25) is 0 Å². The molecule has 1 aliphatic heterocycles. The van der Waals surface area contributed by atoms with Gasteiger partial charge in [-0.05, 0) is 43.9 Å². The molecule has 0 bridgehead atoms. The van der Waals surface area contributed by atoms with E-state index in [9.17, 15) is 9.59 Å². The van der Waals surface area contributed by atoms with Crippen LogP contribution in [-0.2, 0) is 22.4 Å². The highest BCUT2D eigenvalue weighted by atomic mass is 32.1. The zero-order valence-corrected chi connectivity index (χ0v) is 16.6. The topological polar surface area (TPSA) is 71.2 Å². The second-order valence-corrected chi connectivity index (χ2v) is 7.42. The van der Waals surface area contributed by atoms with Crippen molar-refractivity contribution in [2.24, 2.45) is 0 Å². The third-order valence-corrected chi connectivity index (χ3v) is 5.53. The summed E-state index contributed by atoms with van der Waals surface area (Å²) in [5, 5.41) is 3.23. The van der Waals surface area contributed by atoms with E-state index in [0.717, 1.165) is 52.2 Å². The van der Waals surface area contributed by atoms with E-state index in [-0.39, 0.29) is 18.2 Å². The number of Topliss-reactive ketones (excluding diaryl/α,β-unsaturated/α-hetero) is 1. The first-order valence-corrected chi connectivity index (χ1v) is 10.0. The lowest BCUT2D eigenvalue weighted by atomic mass is 9.91. The fraction of sp³-hybridized carbons (Fsp3) is 0.318. The number of aromatic amines is 1. The molecule has 0 atom stereocenters. The molecule has 6 heteroatoms. The Morgan fingerprint density at radius 3 is 2.93 bits per heavy atom. The zero-order valence-electron chi connectivity index (χ0n) is 15.8. The Labute approximate surface area is 169 Å². The van der Waals surface area contributed by atoms with Gasteiger partial charge < -0.3 is 15.0 Å². The molecule has 0 amide bonds. The van der Waals surface area contributed by atoms with E-state index in [4.69, 9.17) is 17.0 Å². The minimum atomic E-state index is -0.247. The number of rotatable bonds is 5. The monoisotopic (exact) mass is 394 g/mol. The molecule has 1 aromatic carbocycles. The summed E-state index contributed by atoms with van der Waals surface area (Å²) in [6, 6.07) is 7.97. The Morgan fingerprint density at radius 2 is 2.11 bits per heavy atom. The van der Waals surface area contributed by atoms with Crippen LogP contribution < -0.4 is 5.32 Å².